The number of esters is 1. The van der Waals surface area contributed by atoms with Gasteiger partial charge in [-0.2, -0.15) is 4.31 Å². The second-order valence-corrected chi connectivity index (χ2v) is 10.4. The molecule has 0 spiro atoms. The van der Waals surface area contributed by atoms with E-state index in [1.165, 1.54) is 16.4 Å². The van der Waals surface area contributed by atoms with E-state index in [1.54, 1.807) is 19.1 Å². The number of aromatic nitrogens is 1. The molecule has 1 fully saturated rings. The molecule has 9 heteroatoms. The summed E-state index contributed by atoms with van der Waals surface area (Å²) in [5, 5.41) is 0. The number of ether oxygens (including phenoxy) is 2. The predicted octanol–water partition coefficient (Wildman–Crippen LogP) is 3.46. The molecule has 35 heavy (non-hydrogen) atoms. The molecule has 3 aromatic rings. The van der Waals surface area contributed by atoms with Crippen molar-refractivity contribution in [3.05, 3.63) is 82.7 Å². The van der Waals surface area contributed by atoms with Crippen LogP contribution in [0, 0.1) is 20.8 Å². The van der Waals surface area contributed by atoms with Gasteiger partial charge in [-0.3, -0.25) is 4.79 Å². The highest BCUT2D eigenvalue weighted by atomic mass is 32.2. The van der Waals surface area contributed by atoms with Crippen molar-refractivity contribution in [2.24, 2.45) is 0 Å². The molecule has 0 aliphatic carbocycles. The predicted molar refractivity (Wildman–Crippen MR) is 131 cm³/mol. The number of carbonyl (C=O) groups excluding carboxylic acids is 2. The molecule has 4 rings (SSSR count). The summed E-state index contributed by atoms with van der Waals surface area (Å²) >= 11 is 0. The molecular formula is C26H28N2O6S. The number of aryl methyl sites for hydroxylation is 2. The zero-order valence-electron chi connectivity index (χ0n) is 20.0. The van der Waals surface area contributed by atoms with Crippen LogP contribution in [0.15, 0.2) is 59.5 Å². The number of hydrogen-bond acceptors (Lipinski definition) is 6. The molecule has 0 bridgehead atoms. The lowest BCUT2D eigenvalue weighted by Crippen LogP contribution is -2.40. The number of morpholine rings is 1. The van der Waals surface area contributed by atoms with Crippen LogP contribution in [-0.2, 0) is 19.5 Å². The van der Waals surface area contributed by atoms with Crippen molar-refractivity contribution in [1.82, 2.24) is 8.87 Å². The first kappa shape index (κ1) is 24.8. The minimum Gasteiger partial charge on any atom is -0.454 e. The van der Waals surface area contributed by atoms with Crippen molar-refractivity contribution in [3.8, 4) is 5.69 Å². The Labute approximate surface area is 205 Å². The number of carbonyl (C=O) groups is 2. The van der Waals surface area contributed by atoms with Crippen LogP contribution in [0.3, 0.4) is 0 Å². The summed E-state index contributed by atoms with van der Waals surface area (Å²) in [6.45, 7) is 6.16. The first-order chi connectivity index (χ1) is 16.7. The molecule has 0 radical (unpaired) electrons. The average molecular weight is 497 g/mol. The summed E-state index contributed by atoms with van der Waals surface area (Å²) in [4.78, 5) is 25.7. The molecule has 2 aromatic carbocycles. The zero-order chi connectivity index (χ0) is 25.2. The number of Topliss-reactive ketones (excluding diaryl/α,β-unsaturated/α-hetero) is 1. The van der Waals surface area contributed by atoms with Crippen LogP contribution >= 0.6 is 0 Å². The Morgan fingerprint density at radius 1 is 0.943 bits per heavy atom. The highest BCUT2D eigenvalue weighted by Gasteiger charge is 2.28. The van der Waals surface area contributed by atoms with E-state index in [2.05, 4.69) is 0 Å². The van der Waals surface area contributed by atoms with Crippen molar-refractivity contribution in [3.63, 3.8) is 0 Å². The van der Waals surface area contributed by atoms with E-state index in [0.717, 1.165) is 17.1 Å². The van der Waals surface area contributed by atoms with Crippen molar-refractivity contribution in [2.75, 3.05) is 32.9 Å². The van der Waals surface area contributed by atoms with Crippen LogP contribution in [0.5, 0.6) is 0 Å². The van der Waals surface area contributed by atoms with Crippen LogP contribution in [0.4, 0.5) is 0 Å². The van der Waals surface area contributed by atoms with Gasteiger partial charge in [0.2, 0.25) is 15.8 Å². The van der Waals surface area contributed by atoms with Gasteiger partial charge in [-0.15, -0.1) is 0 Å². The molecule has 0 atom stereocenters. The van der Waals surface area contributed by atoms with E-state index in [-0.39, 0.29) is 29.3 Å². The fourth-order valence-electron chi connectivity index (χ4n) is 4.22. The van der Waals surface area contributed by atoms with E-state index in [0.29, 0.717) is 24.3 Å². The molecule has 8 nitrogen and oxygen atoms in total. The molecule has 1 aromatic heterocycles. The Balaban J connectivity index is 1.50. The molecule has 1 aliphatic heterocycles. The molecule has 0 N–H and O–H groups in total. The number of benzene rings is 2. The summed E-state index contributed by atoms with van der Waals surface area (Å²) in [6.07, 6.45) is 0. The molecule has 2 heterocycles. The fraction of sp³-hybridized carbons (Fsp3) is 0.308. The number of nitrogens with zero attached hydrogens (tertiary/aromatic N) is 2. The van der Waals surface area contributed by atoms with E-state index in [1.807, 2.05) is 48.7 Å². The lowest BCUT2D eigenvalue weighted by Gasteiger charge is -2.26. The summed E-state index contributed by atoms with van der Waals surface area (Å²) in [6, 6.07) is 15.8. The maximum atomic E-state index is 13.0. The third-order valence-electron chi connectivity index (χ3n) is 6.12. The maximum Gasteiger partial charge on any atom is 0.338 e. The minimum absolute atomic E-state index is 0.00897. The van der Waals surface area contributed by atoms with Gasteiger partial charge >= 0.3 is 5.97 Å². The Morgan fingerprint density at radius 2 is 1.63 bits per heavy atom. The van der Waals surface area contributed by atoms with E-state index < -0.39 is 22.6 Å². The van der Waals surface area contributed by atoms with Gasteiger partial charge in [-0.05, 0) is 56.7 Å². The Bertz CT molecular complexity index is 1360. The third-order valence-corrected chi connectivity index (χ3v) is 8.01. The minimum atomic E-state index is -3.77. The summed E-state index contributed by atoms with van der Waals surface area (Å²) in [5.74, 6) is -1.07. The van der Waals surface area contributed by atoms with Crippen LogP contribution < -0.4 is 0 Å². The van der Waals surface area contributed by atoms with E-state index in [9.17, 15) is 18.0 Å². The lowest BCUT2D eigenvalue weighted by atomic mass is 10.1. The number of rotatable bonds is 7. The average Bonchev–Trinajstić information content (AvgIpc) is 3.17. The smallest absolute Gasteiger partial charge is 0.338 e. The number of hydrogen-bond donors (Lipinski definition) is 0. The van der Waals surface area contributed by atoms with Gasteiger partial charge in [0.15, 0.2) is 6.61 Å². The van der Waals surface area contributed by atoms with Gasteiger partial charge in [0.1, 0.15) is 0 Å². The van der Waals surface area contributed by atoms with Gasteiger partial charge in [-0.1, -0.05) is 24.3 Å². The summed E-state index contributed by atoms with van der Waals surface area (Å²) in [5.41, 5.74) is 3.73. The van der Waals surface area contributed by atoms with Crippen molar-refractivity contribution >= 4 is 21.8 Å². The largest absolute Gasteiger partial charge is 0.454 e. The van der Waals surface area contributed by atoms with Crippen molar-refractivity contribution < 1.29 is 27.5 Å². The molecule has 1 aliphatic rings. The third kappa shape index (κ3) is 5.07. The Hall–Kier alpha value is -3.27. The SMILES string of the molecule is Cc1ccc(S(=O)(=O)N2CCOCC2)cc1C(=O)OCC(=O)c1cc(C)n(-c2ccccc2)c1C. The van der Waals surface area contributed by atoms with Gasteiger partial charge in [0.05, 0.1) is 23.7 Å². The molecular weight excluding hydrogens is 468 g/mol. The standard InChI is InChI=1S/C26H28N2O6S/c1-18-9-10-22(35(31,32)27-11-13-33-14-12-27)16-23(18)26(30)34-17-25(29)24-15-19(2)28(20(24)3)21-7-5-4-6-8-21/h4-10,15-16H,11-14,17H2,1-3H3. The van der Waals surface area contributed by atoms with Gasteiger partial charge in [-0.25, -0.2) is 13.2 Å². The van der Waals surface area contributed by atoms with Crippen LogP contribution in [0.1, 0.15) is 37.7 Å². The van der Waals surface area contributed by atoms with Crippen LogP contribution in [0.2, 0.25) is 0 Å². The highest BCUT2D eigenvalue weighted by Crippen LogP contribution is 2.23. The number of para-hydroxylation sites is 1. The summed E-state index contributed by atoms with van der Waals surface area (Å²) < 4.78 is 39.8. The summed E-state index contributed by atoms with van der Waals surface area (Å²) in [7, 11) is -3.77. The molecule has 0 amide bonds. The number of sulfonamides is 1. The van der Waals surface area contributed by atoms with Crippen LogP contribution in [-0.4, -0.2) is 62.0 Å². The quantitative estimate of drug-likeness (QED) is 0.367. The lowest BCUT2D eigenvalue weighted by molar-refractivity contribution is 0.0473. The van der Waals surface area contributed by atoms with Crippen molar-refractivity contribution in [1.29, 1.82) is 0 Å². The van der Waals surface area contributed by atoms with Crippen molar-refractivity contribution in [2.45, 2.75) is 25.7 Å². The highest BCUT2D eigenvalue weighted by molar-refractivity contribution is 7.89. The normalized spacial score (nSPS) is 14.6. The van der Waals surface area contributed by atoms with E-state index in [4.69, 9.17) is 9.47 Å². The molecule has 0 unspecified atom stereocenters. The molecule has 0 saturated carbocycles. The number of ketones is 1. The molecule has 184 valence electrons. The maximum absolute atomic E-state index is 13.0. The van der Waals surface area contributed by atoms with Gasteiger partial charge < -0.3 is 14.0 Å². The topological polar surface area (TPSA) is 94.9 Å². The first-order valence-corrected chi connectivity index (χ1v) is 12.8. The van der Waals surface area contributed by atoms with Gasteiger partial charge in [0.25, 0.3) is 0 Å². The van der Waals surface area contributed by atoms with Crippen LogP contribution in [0.25, 0.3) is 5.69 Å². The fourth-order valence-corrected chi connectivity index (χ4v) is 5.66. The Kier molecular flexibility index (Phi) is 7.20. The van der Waals surface area contributed by atoms with Gasteiger partial charge in [0, 0.05) is 35.7 Å². The van der Waals surface area contributed by atoms with E-state index >= 15 is 0 Å². The zero-order valence-corrected chi connectivity index (χ0v) is 20.8. The second-order valence-electron chi connectivity index (χ2n) is 8.45. The monoisotopic (exact) mass is 496 g/mol. The molecule has 1 saturated heterocycles. The Morgan fingerprint density at radius 3 is 2.31 bits per heavy atom. The first-order valence-electron chi connectivity index (χ1n) is 11.3. The second kappa shape index (κ2) is 10.2.